The van der Waals surface area contributed by atoms with Crippen molar-refractivity contribution in [2.75, 3.05) is 5.32 Å². The minimum Gasteiger partial charge on any atom is -0.346 e. The van der Waals surface area contributed by atoms with Crippen molar-refractivity contribution in [3.05, 3.63) is 57.0 Å². The second kappa shape index (κ2) is 5.85. The number of aryl methyl sites for hydroxylation is 3. The molecule has 3 aromatic heterocycles. The number of nitrogens with one attached hydrogen (secondary N) is 1. The van der Waals surface area contributed by atoms with Gasteiger partial charge in [0, 0.05) is 43.5 Å². The molecule has 7 heteroatoms. The Kier molecular flexibility index (Phi) is 3.87. The number of carbonyl (C=O) groups excluding carboxylic acids is 1. The van der Waals surface area contributed by atoms with Gasteiger partial charge < -0.3 is 14.5 Å². The highest BCUT2D eigenvalue weighted by molar-refractivity contribution is 7.09. The lowest BCUT2D eigenvalue weighted by Crippen LogP contribution is -2.19. The van der Waals surface area contributed by atoms with Gasteiger partial charge in [-0.25, -0.2) is 4.98 Å². The van der Waals surface area contributed by atoms with E-state index < -0.39 is 0 Å². The third kappa shape index (κ3) is 3.09. The van der Waals surface area contributed by atoms with Crippen molar-refractivity contribution in [2.45, 2.75) is 6.92 Å². The Morgan fingerprint density at radius 2 is 2.00 bits per heavy atom. The van der Waals surface area contributed by atoms with Crippen molar-refractivity contribution in [3.8, 4) is 11.3 Å². The highest BCUT2D eigenvalue weighted by Gasteiger charge is 2.14. The van der Waals surface area contributed by atoms with Gasteiger partial charge in [-0.05, 0) is 19.1 Å². The monoisotopic (exact) mass is 328 g/mol. The summed E-state index contributed by atoms with van der Waals surface area (Å²) in [6.45, 7) is 1.95. The Labute approximate surface area is 137 Å². The van der Waals surface area contributed by atoms with E-state index in [0.717, 1.165) is 16.3 Å². The highest BCUT2D eigenvalue weighted by atomic mass is 32.1. The normalized spacial score (nSPS) is 10.7. The van der Waals surface area contributed by atoms with Crippen LogP contribution in [0.3, 0.4) is 0 Å². The first-order chi connectivity index (χ1) is 10.9. The zero-order valence-corrected chi connectivity index (χ0v) is 13.8. The molecule has 0 aromatic carbocycles. The molecule has 0 bridgehead atoms. The number of hydrogen-bond acceptors (Lipinski definition) is 4. The van der Waals surface area contributed by atoms with Gasteiger partial charge in [0.15, 0.2) is 0 Å². The first-order valence-electron chi connectivity index (χ1n) is 7.01. The molecule has 118 valence electrons. The summed E-state index contributed by atoms with van der Waals surface area (Å²) in [5, 5.41) is 5.76. The summed E-state index contributed by atoms with van der Waals surface area (Å²) in [4.78, 5) is 28.3. The molecule has 3 aromatic rings. The number of aromatic nitrogens is 3. The van der Waals surface area contributed by atoms with Crippen molar-refractivity contribution in [3.63, 3.8) is 0 Å². The van der Waals surface area contributed by atoms with Crippen LogP contribution in [0.5, 0.6) is 0 Å². The predicted octanol–water partition coefficient (Wildman–Crippen LogP) is 2.41. The predicted molar refractivity (Wildman–Crippen MR) is 90.9 cm³/mol. The first kappa shape index (κ1) is 15.2. The molecule has 0 saturated heterocycles. The number of carbonyl (C=O) groups is 1. The molecule has 0 radical (unpaired) electrons. The number of rotatable bonds is 3. The largest absolute Gasteiger partial charge is 0.346 e. The number of thiazole rings is 1. The van der Waals surface area contributed by atoms with Crippen molar-refractivity contribution >= 4 is 22.9 Å². The van der Waals surface area contributed by atoms with Gasteiger partial charge in [-0.3, -0.25) is 9.59 Å². The number of pyridine rings is 1. The third-order valence-corrected chi connectivity index (χ3v) is 4.27. The number of nitrogens with zero attached hydrogens (tertiary/aromatic N) is 3. The fourth-order valence-electron chi connectivity index (χ4n) is 2.29. The molecule has 23 heavy (non-hydrogen) atoms. The smallest absolute Gasteiger partial charge is 0.272 e. The van der Waals surface area contributed by atoms with E-state index in [-0.39, 0.29) is 11.5 Å². The SMILES string of the molecule is Cc1nc(-c2cc(C(=O)Nc3ccc(=O)n(C)c3)n(C)c2)cs1. The van der Waals surface area contributed by atoms with Crippen LogP contribution >= 0.6 is 11.3 Å². The third-order valence-electron chi connectivity index (χ3n) is 3.50. The van der Waals surface area contributed by atoms with Crippen LogP contribution in [-0.4, -0.2) is 20.0 Å². The van der Waals surface area contributed by atoms with Gasteiger partial charge in [-0.2, -0.15) is 0 Å². The zero-order valence-electron chi connectivity index (χ0n) is 13.0. The maximum absolute atomic E-state index is 12.4. The van der Waals surface area contributed by atoms with Crippen molar-refractivity contribution in [1.29, 1.82) is 0 Å². The lowest BCUT2D eigenvalue weighted by Gasteiger charge is -2.07. The van der Waals surface area contributed by atoms with Gasteiger partial charge in [0.2, 0.25) is 5.56 Å². The molecule has 0 atom stereocenters. The maximum Gasteiger partial charge on any atom is 0.272 e. The zero-order chi connectivity index (χ0) is 16.6. The van der Waals surface area contributed by atoms with Gasteiger partial charge in [0.05, 0.1) is 16.4 Å². The number of anilines is 1. The van der Waals surface area contributed by atoms with E-state index in [0.29, 0.717) is 11.4 Å². The molecule has 6 nitrogen and oxygen atoms in total. The van der Waals surface area contributed by atoms with Crippen LogP contribution in [0, 0.1) is 6.92 Å². The van der Waals surface area contributed by atoms with E-state index in [1.807, 2.05) is 31.6 Å². The van der Waals surface area contributed by atoms with E-state index in [2.05, 4.69) is 10.3 Å². The summed E-state index contributed by atoms with van der Waals surface area (Å²) in [6.07, 6.45) is 3.47. The number of amides is 1. The Hall–Kier alpha value is -2.67. The fraction of sp³-hybridized carbons (Fsp3) is 0.188. The first-order valence-corrected chi connectivity index (χ1v) is 7.89. The minimum absolute atomic E-state index is 0.122. The van der Waals surface area contributed by atoms with Crippen LogP contribution in [0.1, 0.15) is 15.5 Å². The summed E-state index contributed by atoms with van der Waals surface area (Å²) < 4.78 is 3.19. The fourth-order valence-corrected chi connectivity index (χ4v) is 2.91. The molecular weight excluding hydrogens is 312 g/mol. The summed E-state index contributed by atoms with van der Waals surface area (Å²) in [5.41, 5.74) is 2.75. The lowest BCUT2D eigenvalue weighted by molar-refractivity contribution is 0.101. The quantitative estimate of drug-likeness (QED) is 0.803. The maximum atomic E-state index is 12.4. The second-order valence-corrected chi connectivity index (χ2v) is 6.36. The lowest BCUT2D eigenvalue weighted by atomic mass is 10.2. The van der Waals surface area contributed by atoms with E-state index in [1.54, 1.807) is 35.2 Å². The minimum atomic E-state index is -0.232. The van der Waals surface area contributed by atoms with Crippen molar-refractivity contribution in [2.24, 2.45) is 14.1 Å². The van der Waals surface area contributed by atoms with Gasteiger partial charge in [0.25, 0.3) is 5.91 Å². The van der Waals surface area contributed by atoms with Crippen LogP contribution < -0.4 is 10.9 Å². The standard InChI is InChI=1S/C16H16N4O2S/c1-10-17-13(9-23-10)11-6-14(19(2)7-11)16(22)18-12-4-5-15(21)20(3)8-12/h4-9H,1-3H3,(H,18,22). The van der Waals surface area contributed by atoms with Gasteiger partial charge in [-0.15, -0.1) is 11.3 Å². The van der Waals surface area contributed by atoms with Gasteiger partial charge in [-0.1, -0.05) is 0 Å². The Morgan fingerprint density at radius 1 is 1.22 bits per heavy atom. The Bertz CT molecular complexity index is 936. The summed E-state index contributed by atoms with van der Waals surface area (Å²) in [5.74, 6) is -0.232. The average Bonchev–Trinajstić information content (AvgIpc) is 3.09. The van der Waals surface area contributed by atoms with Crippen LogP contribution in [-0.2, 0) is 14.1 Å². The van der Waals surface area contributed by atoms with E-state index in [1.165, 1.54) is 10.6 Å². The van der Waals surface area contributed by atoms with Crippen molar-refractivity contribution < 1.29 is 4.79 Å². The molecular formula is C16H16N4O2S. The van der Waals surface area contributed by atoms with E-state index in [9.17, 15) is 9.59 Å². The van der Waals surface area contributed by atoms with E-state index in [4.69, 9.17) is 0 Å². The second-order valence-electron chi connectivity index (χ2n) is 5.30. The molecule has 3 rings (SSSR count). The molecule has 1 amide bonds. The molecule has 0 saturated carbocycles. The summed E-state index contributed by atoms with van der Waals surface area (Å²) in [6, 6.07) is 4.82. The molecule has 0 spiro atoms. The Morgan fingerprint density at radius 3 is 2.65 bits per heavy atom. The van der Waals surface area contributed by atoms with Crippen LogP contribution in [0.4, 0.5) is 5.69 Å². The molecule has 0 aliphatic rings. The highest BCUT2D eigenvalue weighted by Crippen LogP contribution is 2.23. The average molecular weight is 328 g/mol. The van der Waals surface area contributed by atoms with Crippen molar-refractivity contribution in [1.82, 2.24) is 14.1 Å². The topological polar surface area (TPSA) is 68.9 Å². The van der Waals surface area contributed by atoms with Gasteiger partial charge >= 0.3 is 0 Å². The van der Waals surface area contributed by atoms with Crippen LogP contribution in [0.2, 0.25) is 0 Å². The molecule has 0 aliphatic carbocycles. The number of hydrogen-bond donors (Lipinski definition) is 1. The Balaban J connectivity index is 1.86. The van der Waals surface area contributed by atoms with Crippen LogP contribution in [0.15, 0.2) is 40.8 Å². The summed E-state index contributed by atoms with van der Waals surface area (Å²) in [7, 11) is 3.46. The molecule has 0 aliphatic heterocycles. The molecule has 0 fully saturated rings. The summed E-state index contributed by atoms with van der Waals surface area (Å²) >= 11 is 1.58. The van der Waals surface area contributed by atoms with Gasteiger partial charge in [0.1, 0.15) is 5.69 Å². The molecule has 0 unspecified atom stereocenters. The molecule has 3 heterocycles. The van der Waals surface area contributed by atoms with E-state index >= 15 is 0 Å². The van der Waals surface area contributed by atoms with Crippen LogP contribution in [0.25, 0.3) is 11.3 Å². The molecule has 1 N–H and O–H groups in total.